The fraction of sp³-hybridized carbons (Fsp3) is 0. The molecule has 3 heteroatoms. The minimum absolute atomic E-state index is 1.19. The Morgan fingerprint density at radius 3 is 1.91 bits per heavy atom. The van der Waals surface area contributed by atoms with Gasteiger partial charge >= 0.3 is 0 Å². The third-order valence-electron chi connectivity index (χ3n) is 7.06. The summed E-state index contributed by atoms with van der Waals surface area (Å²) in [4.78, 5) is 0. The summed E-state index contributed by atoms with van der Waals surface area (Å²) < 4.78 is 7.75. The monoisotopic (exact) mass is 481 g/mol. The van der Waals surface area contributed by atoms with Gasteiger partial charge in [0.15, 0.2) is 0 Å². The zero-order chi connectivity index (χ0) is 22.9. The quantitative estimate of drug-likeness (QED) is 0.231. The third-order valence-corrected chi connectivity index (χ3v) is 9.47. The minimum atomic E-state index is 1.19. The van der Waals surface area contributed by atoms with Crippen molar-refractivity contribution in [1.29, 1.82) is 0 Å². The molecule has 0 spiro atoms. The molecule has 0 atom stereocenters. The molecule has 0 saturated carbocycles. The van der Waals surface area contributed by atoms with E-state index < -0.39 is 0 Å². The van der Waals surface area contributed by atoms with E-state index in [1.165, 1.54) is 68.1 Å². The second kappa shape index (κ2) is 7.29. The van der Waals surface area contributed by atoms with Gasteiger partial charge in [-0.05, 0) is 41.5 Å². The first-order chi connectivity index (χ1) is 17.3. The van der Waals surface area contributed by atoms with Crippen LogP contribution in [0.2, 0.25) is 0 Å². The van der Waals surface area contributed by atoms with Crippen molar-refractivity contribution in [3.63, 3.8) is 0 Å². The lowest BCUT2D eigenvalue weighted by molar-refractivity contribution is 1.13. The summed E-state index contributed by atoms with van der Waals surface area (Å²) in [6.45, 7) is 0. The van der Waals surface area contributed by atoms with E-state index in [9.17, 15) is 0 Å². The SMILES string of the molecule is c1ccc2c(c1)sc1c(-c3ccc(-n4ccc5ccc6c7ccccc7sc6c54)cc3)cccc12. The Kier molecular flexibility index (Phi) is 4.04. The molecule has 164 valence electrons. The van der Waals surface area contributed by atoms with Crippen molar-refractivity contribution in [3.8, 4) is 16.8 Å². The molecule has 35 heavy (non-hydrogen) atoms. The summed E-state index contributed by atoms with van der Waals surface area (Å²) in [6.07, 6.45) is 2.20. The summed E-state index contributed by atoms with van der Waals surface area (Å²) in [5.41, 5.74) is 5.05. The second-order valence-electron chi connectivity index (χ2n) is 8.99. The van der Waals surface area contributed by atoms with E-state index in [0.29, 0.717) is 0 Å². The van der Waals surface area contributed by atoms with Crippen LogP contribution in [0.1, 0.15) is 0 Å². The van der Waals surface area contributed by atoms with Crippen LogP contribution >= 0.6 is 22.7 Å². The minimum Gasteiger partial charge on any atom is -0.315 e. The van der Waals surface area contributed by atoms with Gasteiger partial charge in [-0.25, -0.2) is 0 Å². The lowest BCUT2D eigenvalue weighted by Crippen LogP contribution is -1.92. The molecule has 3 aromatic heterocycles. The van der Waals surface area contributed by atoms with Crippen LogP contribution in [0, 0.1) is 0 Å². The maximum atomic E-state index is 2.34. The Morgan fingerprint density at radius 2 is 1.14 bits per heavy atom. The molecule has 0 bridgehead atoms. The summed E-state index contributed by atoms with van der Waals surface area (Å²) in [5.74, 6) is 0. The van der Waals surface area contributed by atoms with Crippen LogP contribution in [0.5, 0.6) is 0 Å². The third kappa shape index (κ3) is 2.80. The Morgan fingerprint density at radius 1 is 0.486 bits per heavy atom. The van der Waals surface area contributed by atoms with E-state index in [4.69, 9.17) is 0 Å². The van der Waals surface area contributed by atoms with Crippen molar-refractivity contribution in [2.45, 2.75) is 0 Å². The smallest absolute Gasteiger partial charge is 0.0707 e. The molecule has 0 aliphatic heterocycles. The van der Waals surface area contributed by atoms with Crippen LogP contribution in [-0.4, -0.2) is 4.57 Å². The highest BCUT2D eigenvalue weighted by Crippen LogP contribution is 2.41. The van der Waals surface area contributed by atoms with Crippen molar-refractivity contribution in [1.82, 2.24) is 4.57 Å². The van der Waals surface area contributed by atoms with Crippen molar-refractivity contribution in [2.24, 2.45) is 0 Å². The molecule has 0 aliphatic rings. The Hall–Kier alpha value is -3.92. The van der Waals surface area contributed by atoms with Gasteiger partial charge in [-0.15, -0.1) is 22.7 Å². The zero-order valence-electron chi connectivity index (χ0n) is 18.7. The first-order valence-corrected chi connectivity index (χ1v) is 13.4. The van der Waals surface area contributed by atoms with Gasteiger partial charge in [0.25, 0.3) is 0 Å². The standard InChI is InChI=1S/C32H19NS2/c1-3-10-28-24(6-1)26-9-5-8-23(31(26)34-28)20-12-15-22(16-13-20)33-19-18-21-14-17-27-25-7-2-4-11-29(25)35-32(27)30(21)33/h1-19H. The normalized spacial score (nSPS) is 12.0. The van der Waals surface area contributed by atoms with E-state index in [1.54, 1.807) is 0 Å². The zero-order valence-corrected chi connectivity index (χ0v) is 20.4. The average molecular weight is 482 g/mol. The van der Waals surface area contributed by atoms with E-state index in [1.807, 2.05) is 22.7 Å². The van der Waals surface area contributed by atoms with Gasteiger partial charge in [0.05, 0.1) is 10.2 Å². The van der Waals surface area contributed by atoms with Gasteiger partial charge in [-0.1, -0.05) is 78.9 Å². The van der Waals surface area contributed by atoms with Crippen LogP contribution < -0.4 is 0 Å². The highest BCUT2D eigenvalue weighted by Gasteiger charge is 2.13. The average Bonchev–Trinajstić information content (AvgIpc) is 3.61. The van der Waals surface area contributed by atoms with Gasteiger partial charge in [0.2, 0.25) is 0 Å². The molecule has 0 fully saturated rings. The van der Waals surface area contributed by atoms with E-state index >= 15 is 0 Å². The van der Waals surface area contributed by atoms with E-state index in [-0.39, 0.29) is 0 Å². The Labute approximate surface area is 210 Å². The molecule has 8 rings (SSSR count). The maximum absolute atomic E-state index is 2.34. The van der Waals surface area contributed by atoms with Gasteiger partial charge in [0, 0.05) is 52.9 Å². The van der Waals surface area contributed by atoms with Gasteiger partial charge in [-0.3, -0.25) is 0 Å². The molecule has 0 unspecified atom stereocenters. The number of nitrogens with zero attached hydrogens (tertiary/aromatic N) is 1. The fourth-order valence-corrected chi connectivity index (χ4v) is 7.89. The second-order valence-corrected chi connectivity index (χ2v) is 11.1. The van der Waals surface area contributed by atoms with Gasteiger partial charge < -0.3 is 4.57 Å². The maximum Gasteiger partial charge on any atom is 0.0707 e. The van der Waals surface area contributed by atoms with Crippen LogP contribution in [0.4, 0.5) is 0 Å². The van der Waals surface area contributed by atoms with Crippen LogP contribution in [0.3, 0.4) is 0 Å². The largest absolute Gasteiger partial charge is 0.315 e. The van der Waals surface area contributed by atoms with Gasteiger partial charge in [-0.2, -0.15) is 0 Å². The number of benzene rings is 5. The van der Waals surface area contributed by atoms with Gasteiger partial charge in [0.1, 0.15) is 0 Å². The molecule has 8 aromatic rings. The number of rotatable bonds is 2. The topological polar surface area (TPSA) is 4.93 Å². The first kappa shape index (κ1) is 19.4. The molecule has 3 heterocycles. The highest BCUT2D eigenvalue weighted by molar-refractivity contribution is 7.27. The number of hydrogen-bond acceptors (Lipinski definition) is 2. The lowest BCUT2D eigenvalue weighted by atomic mass is 10.0. The lowest BCUT2D eigenvalue weighted by Gasteiger charge is -2.09. The number of hydrogen-bond donors (Lipinski definition) is 0. The first-order valence-electron chi connectivity index (χ1n) is 11.8. The molecule has 0 aliphatic carbocycles. The van der Waals surface area contributed by atoms with Crippen LogP contribution in [0.25, 0.3) is 68.1 Å². The van der Waals surface area contributed by atoms with Crippen molar-refractivity contribution >= 4 is 73.9 Å². The summed E-state index contributed by atoms with van der Waals surface area (Å²) in [7, 11) is 0. The molecule has 0 N–H and O–H groups in total. The Balaban J connectivity index is 1.30. The molecule has 0 saturated heterocycles. The fourth-order valence-electron chi connectivity index (χ4n) is 5.39. The molecule has 0 radical (unpaired) electrons. The number of aromatic nitrogens is 1. The predicted octanol–water partition coefficient (Wildman–Crippen LogP) is 10.0. The molecule has 5 aromatic carbocycles. The van der Waals surface area contributed by atoms with Crippen LogP contribution in [-0.2, 0) is 0 Å². The summed E-state index contributed by atoms with van der Waals surface area (Å²) in [6, 6.07) is 39.9. The van der Waals surface area contributed by atoms with Crippen molar-refractivity contribution in [3.05, 3.63) is 115 Å². The Bertz CT molecular complexity index is 2050. The van der Waals surface area contributed by atoms with E-state index in [0.717, 1.165) is 0 Å². The van der Waals surface area contributed by atoms with Crippen LogP contribution in [0.15, 0.2) is 115 Å². The molecular weight excluding hydrogens is 462 g/mol. The number of fused-ring (bicyclic) bond motifs is 8. The van der Waals surface area contributed by atoms with Crippen molar-refractivity contribution in [2.75, 3.05) is 0 Å². The summed E-state index contributed by atoms with van der Waals surface area (Å²) >= 11 is 3.78. The predicted molar refractivity (Wildman–Crippen MR) is 154 cm³/mol. The number of thiophene rings is 2. The molecular formula is C32H19NS2. The highest BCUT2D eigenvalue weighted by atomic mass is 32.1. The molecule has 0 amide bonds. The summed E-state index contributed by atoms with van der Waals surface area (Å²) in [5, 5.41) is 6.65. The van der Waals surface area contributed by atoms with E-state index in [2.05, 4.69) is 120 Å². The molecule has 1 nitrogen and oxygen atoms in total. The van der Waals surface area contributed by atoms with Crippen molar-refractivity contribution < 1.29 is 0 Å².